The Labute approximate surface area is 145 Å². The normalized spacial score (nSPS) is 16.1. The number of carbonyl (C=O) groups is 1. The van der Waals surface area contributed by atoms with Crippen LogP contribution < -0.4 is 9.64 Å². The van der Waals surface area contributed by atoms with Crippen molar-refractivity contribution in [3.63, 3.8) is 0 Å². The number of benzene rings is 2. The number of hydrogen-bond acceptors (Lipinski definition) is 3. The molecule has 0 aromatic heterocycles. The second kappa shape index (κ2) is 7.26. The average molecular weight is 345 g/mol. The molecule has 0 radical (unpaired) electrons. The Morgan fingerprint density at radius 1 is 1.33 bits per heavy atom. The van der Waals surface area contributed by atoms with Gasteiger partial charge in [0.25, 0.3) is 0 Å². The van der Waals surface area contributed by atoms with Crippen molar-refractivity contribution in [3.05, 3.63) is 59.4 Å². The molecule has 5 heteroatoms. The molecule has 3 rings (SSSR count). The number of anilines is 1. The van der Waals surface area contributed by atoms with Crippen LogP contribution in [0.2, 0.25) is 0 Å². The summed E-state index contributed by atoms with van der Waals surface area (Å²) in [5.41, 5.74) is 3.09. The zero-order valence-electron chi connectivity index (χ0n) is 13.8. The minimum absolute atomic E-state index is 0.103. The number of hydrogen-bond donors (Lipinski definition) is 0. The van der Waals surface area contributed by atoms with Gasteiger partial charge in [-0.3, -0.25) is 4.79 Å². The molecule has 1 unspecified atom stereocenters. The predicted octanol–water partition coefficient (Wildman–Crippen LogP) is 4.05. The summed E-state index contributed by atoms with van der Waals surface area (Å²) < 4.78 is 18.6. The van der Waals surface area contributed by atoms with Gasteiger partial charge < -0.3 is 9.64 Å². The topological polar surface area (TPSA) is 29.5 Å². The molecule has 0 saturated heterocycles. The molecular formula is C19H20FNO2S. The highest BCUT2D eigenvalue weighted by Crippen LogP contribution is 2.32. The van der Waals surface area contributed by atoms with E-state index in [0.717, 1.165) is 17.7 Å². The van der Waals surface area contributed by atoms with Gasteiger partial charge in [0.2, 0.25) is 5.91 Å². The summed E-state index contributed by atoms with van der Waals surface area (Å²) in [5, 5.41) is 0. The zero-order chi connectivity index (χ0) is 17.1. The fraction of sp³-hybridized carbons (Fsp3) is 0.316. The lowest BCUT2D eigenvalue weighted by Gasteiger charge is -2.22. The molecule has 0 saturated carbocycles. The van der Waals surface area contributed by atoms with Crippen LogP contribution in [0.25, 0.3) is 0 Å². The maximum absolute atomic E-state index is 13.7. The molecule has 1 heterocycles. The summed E-state index contributed by atoms with van der Waals surface area (Å²) in [6, 6.07) is 13.1. The zero-order valence-corrected chi connectivity index (χ0v) is 14.6. The smallest absolute Gasteiger partial charge is 0.237 e. The quantitative estimate of drug-likeness (QED) is 0.819. The van der Waals surface area contributed by atoms with Gasteiger partial charge in [0.15, 0.2) is 11.6 Å². The lowest BCUT2D eigenvalue weighted by atomic mass is 10.1. The van der Waals surface area contributed by atoms with Gasteiger partial charge in [-0.25, -0.2) is 4.39 Å². The molecule has 0 fully saturated rings. The molecule has 0 N–H and O–H groups in total. The van der Waals surface area contributed by atoms with Crippen LogP contribution in [0.3, 0.4) is 0 Å². The maximum atomic E-state index is 13.7. The second-order valence-corrected chi connectivity index (χ2v) is 6.89. The first kappa shape index (κ1) is 16.8. The van der Waals surface area contributed by atoms with Gasteiger partial charge in [-0.2, -0.15) is 0 Å². The van der Waals surface area contributed by atoms with Crippen molar-refractivity contribution < 1.29 is 13.9 Å². The van der Waals surface area contributed by atoms with Crippen molar-refractivity contribution >= 4 is 23.4 Å². The SMILES string of the molecule is COc1ccc(CSCC(=O)N2c3ccccc3CC2C)cc1F. The van der Waals surface area contributed by atoms with Crippen LogP contribution in [0, 0.1) is 5.82 Å². The van der Waals surface area contributed by atoms with E-state index in [9.17, 15) is 9.18 Å². The summed E-state index contributed by atoms with van der Waals surface area (Å²) in [6.07, 6.45) is 0.899. The van der Waals surface area contributed by atoms with Crippen molar-refractivity contribution in [2.75, 3.05) is 17.8 Å². The number of fused-ring (bicyclic) bond motifs is 1. The van der Waals surface area contributed by atoms with Crippen LogP contribution >= 0.6 is 11.8 Å². The molecular weight excluding hydrogens is 325 g/mol. The number of ether oxygens (including phenoxy) is 1. The number of amides is 1. The van der Waals surface area contributed by atoms with Crippen LogP contribution in [-0.2, 0) is 17.0 Å². The highest BCUT2D eigenvalue weighted by atomic mass is 32.2. The molecule has 3 nitrogen and oxygen atoms in total. The fourth-order valence-electron chi connectivity index (χ4n) is 3.07. The van der Waals surface area contributed by atoms with E-state index in [2.05, 4.69) is 13.0 Å². The third kappa shape index (κ3) is 3.41. The Balaban J connectivity index is 1.59. The molecule has 2 aromatic carbocycles. The van der Waals surface area contributed by atoms with Gasteiger partial charge in [0.1, 0.15) is 0 Å². The highest BCUT2D eigenvalue weighted by Gasteiger charge is 2.30. The van der Waals surface area contributed by atoms with Crippen LogP contribution in [-0.4, -0.2) is 24.8 Å². The molecule has 0 aliphatic carbocycles. The van der Waals surface area contributed by atoms with Crippen molar-refractivity contribution in [1.29, 1.82) is 0 Å². The Bertz CT molecular complexity index is 750. The second-order valence-electron chi connectivity index (χ2n) is 5.91. The maximum Gasteiger partial charge on any atom is 0.237 e. The van der Waals surface area contributed by atoms with E-state index in [1.165, 1.54) is 30.5 Å². The first-order chi connectivity index (χ1) is 11.6. The van der Waals surface area contributed by atoms with Crippen molar-refractivity contribution in [2.45, 2.75) is 25.1 Å². The Morgan fingerprint density at radius 3 is 2.88 bits per heavy atom. The van der Waals surface area contributed by atoms with Crippen LogP contribution in [0.15, 0.2) is 42.5 Å². The van der Waals surface area contributed by atoms with Gasteiger partial charge in [-0.05, 0) is 42.7 Å². The standard InChI is InChI=1S/C19H20FNO2S/c1-13-9-15-5-3-4-6-17(15)21(13)19(22)12-24-11-14-7-8-18(23-2)16(20)10-14/h3-8,10,13H,9,11-12H2,1-2H3. The molecule has 1 aliphatic heterocycles. The monoisotopic (exact) mass is 345 g/mol. The van der Waals surface area contributed by atoms with Crippen molar-refractivity contribution in [2.24, 2.45) is 0 Å². The van der Waals surface area contributed by atoms with Gasteiger partial charge in [-0.15, -0.1) is 11.8 Å². The lowest BCUT2D eigenvalue weighted by molar-refractivity contribution is -0.116. The third-order valence-electron chi connectivity index (χ3n) is 4.19. The van der Waals surface area contributed by atoms with Crippen molar-refractivity contribution in [3.8, 4) is 5.75 Å². The minimum atomic E-state index is -0.371. The van der Waals surface area contributed by atoms with Gasteiger partial charge in [0, 0.05) is 17.5 Å². The summed E-state index contributed by atoms with van der Waals surface area (Å²) in [6.45, 7) is 2.07. The summed E-state index contributed by atoms with van der Waals surface area (Å²) >= 11 is 1.50. The first-order valence-corrected chi connectivity index (χ1v) is 9.05. The minimum Gasteiger partial charge on any atom is -0.494 e. The van der Waals surface area contributed by atoms with Gasteiger partial charge in [-0.1, -0.05) is 24.3 Å². The Kier molecular flexibility index (Phi) is 5.09. The number of nitrogens with zero attached hydrogens (tertiary/aromatic N) is 1. The molecule has 0 spiro atoms. The van der Waals surface area contributed by atoms with E-state index < -0.39 is 0 Å². The largest absolute Gasteiger partial charge is 0.494 e. The fourth-order valence-corrected chi connectivity index (χ4v) is 3.90. The summed E-state index contributed by atoms with van der Waals surface area (Å²) in [4.78, 5) is 14.5. The highest BCUT2D eigenvalue weighted by molar-refractivity contribution is 7.99. The predicted molar refractivity (Wildman–Crippen MR) is 96.2 cm³/mol. The van der Waals surface area contributed by atoms with E-state index in [4.69, 9.17) is 4.74 Å². The molecule has 1 amide bonds. The van der Waals surface area contributed by atoms with E-state index in [-0.39, 0.29) is 23.5 Å². The Morgan fingerprint density at radius 2 is 2.12 bits per heavy atom. The van der Waals surface area contributed by atoms with Gasteiger partial charge >= 0.3 is 0 Å². The van der Waals surface area contributed by atoms with E-state index in [0.29, 0.717) is 11.5 Å². The average Bonchev–Trinajstić information content (AvgIpc) is 2.90. The van der Waals surface area contributed by atoms with E-state index in [1.807, 2.05) is 29.2 Å². The van der Waals surface area contributed by atoms with Crippen molar-refractivity contribution in [1.82, 2.24) is 0 Å². The number of halogens is 1. The number of rotatable bonds is 5. The molecule has 1 aliphatic rings. The summed E-state index contributed by atoms with van der Waals surface area (Å²) in [5.74, 6) is 0.945. The molecule has 126 valence electrons. The van der Waals surface area contributed by atoms with E-state index in [1.54, 1.807) is 6.07 Å². The van der Waals surface area contributed by atoms with Crippen LogP contribution in [0.4, 0.5) is 10.1 Å². The molecule has 1 atom stereocenters. The first-order valence-electron chi connectivity index (χ1n) is 7.90. The molecule has 24 heavy (non-hydrogen) atoms. The molecule has 0 bridgehead atoms. The molecule has 2 aromatic rings. The van der Waals surface area contributed by atoms with Crippen LogP contribution in [0.5, 0.6) is 5.75 Å². The number of para-hydroxylation sites is 1. The lowest BCUT2D eigenvalue weighted by Crippen LogP contribution is -2.37. The third-order valence-corrected chi connectivity index (χ3v) is 5.17. The number of methoxy groups -OCH3 is 1. The van der Waals surface area contributed by atoms with Crippen LogP contribution in [0.1, 0.15) is 18.1 Å². The Hall–Kier alpha value is -2.01. The summed E-state index contributed by atoms with van der Waals surface area (Å²) in [7, 11) is 1.44. The number of carbonyl (C=O) groups excluding carboxylic acids is 1. The van der Waals surface area contributed by atoms with Gasteiger partial charge in [0.05, 0.1) is 12.9 Å². The van der Waals surface area contributed by atoms with E-state index >= 15 is 0 Å². The number of thioether (sulfide) groups is 1.